The van der Waals surface area contributed by atoms with Crippen LogP contribution in [-0.2, 0) is 4.74 Å². The lowest BCUT2D eigenvalue weighted by molar-refractivity contribution is -0.766. The number of nitrogens with zero attached hydrogens (tertiary/aromatic N) is 1. The second kappa shape index (κ2) is 2.68. The maximum Gasteiger partial charge on any atom is 0.454 e. The second-order valence-electron chi connectivity index (χ2n) is 1.99. The van der Waals surface area contributed by atoms with Gasteiger partial charge in [-0.1, -0.05) is 0 Å². The average molecular weight is 131 g/mol. The summed E-state index contributed by atoms with van der Waals surface area (Å²) in [5, 5.41) is 1.60. The Bertz CT molecular complexity index is 110. The van der Waals surface area contributed by atoms with Gasteiger partial charge in [-0.2, -0.15) is 5.01 Å². The zero-order chi connectivity index (χ0) is 6.69. The molecule has 1 fully saturated rings. The summed E-state index contributed by atoms with van der Waals surface area (Å²) in [6.07, 6.45) is 0.822. The number of amides is 1. The van der Waals surface area contributed by atoms with E-state index < -0.39 is 0 Å². The molecule has 4 heteroatoms. The Morgan fingerprint density at radius 1 is 1.78 bits per heavy atom. The van der Waals surface area contributed by atoms with Crippen LogP contribution in [0, 0.1) is 0 Å². The number of hydrogen-bond acceptors (Lipinski definition) is 2. The molecule has 0 spiro atoms. The van der Waals surface area contributed by atoms with Gasteiger partial charge in [0.05, 0.1) is 20.2 Å². The van der Waals surface area contributed by atoms with Crippen LogP contribution in [0.25, 0.3) is 0 Å². The quantitative estimate of drug-likeness (QED) is 0.336. The Labute approximate surface area is 53.7 Å². The van der Waals surface area contributed by atoms with Crippen LogP contribution in [0.15, 0.2) is 0 Å². The first-order valence-electron chi connectivity index (χ1n) is 3.02. The molecule has 1 saturated heterocycles. The fraction of sp³-hybridized carbons (Fsp3) is 0.800. The van der Waals surface area contributed by atoms with E-state index in [0.29, 0.717) is 0 Å². The van der Waals surface area contributed by atoms with E-state index in [1.54, 1.807) is 5.01 Å². The van der Waals surface area contributed by atoms with Gasteiger partial charge in [0.25, 0.3) is 0 Å². The average Bonchev–Trinajstić information content (AvgIpc) is 2.37. The molecule has 0 radical (unpaired) electrons. The van der Waals surface area contributed by atoms with Crippen molar-refractivity contribution in [2.24, 2.45) is 0 Å². The van der Waals surface area contributed by atoms with Gasteiger partial charge in [0.2, 0.25) is 0 Å². The van der Waals surface area contributed by atoms with E-state index in [-0.39, 0.29) is 6.09 Å². The highest BCUT2D eigenvalue weighted by molar-refractivity contribution is 5.65. The summed E-state index contributed by atoms with van der Waals surface area (Å²) in [5.74, 6) is 0. The van der Waals surface area contributed by atoms with Crippen molar-refractivity contribution in [2.45, 2.75) is 6.42 Å². The number of carbonyl (C=O) groups is 1. The molecule has 1 aliphatic heterocycles. The van der Waals surface area contributed by atoms with Crippen molar-refractivity contribution in [2.75, 3.05) is 20.2 Å². The van der Waals surface area contributed by atoms with Gasteiger partial charge in [0.1, 0.15) is 0 Å². The molecule has 0 aromatic heterocycles. The molecule has 4 nitrogen and oxygen atoms in total. The molecule has 0 aliphatic carbocycles. The largest absolute Gasteiger partial charge is 0.454 e. The van der Waals surface area contributed by atoms with E-state index in [1.807, 2.05) is 5.43 Å². The van der Waals surface area contributed by atoms with Crippen molar-refractivity contribution in [3.8, 4) is 0 Å². The van der Waals surface area contributed by atoms with Crippen LogP contribution in [-0.4, -0.2) is 31.3 Å². The molecule has 0 atom stereocenters. The van der Waals surface area contributed by atoms with Gasteiger partial charge in [-0.15, -0.1) is 0 Å². The topological polar surface area (TPSA) is 46.1 Å². The first-order valence-corrected chi connectivity index (χ1v) is 3.02. The van der Waals surface area contributed by atoms with Crippen molar-refractivity contribution in [3.05, 3.63) is 0 Å². The maximum atomic E-state index is 10.7. The lowest BCUT2D eigenvalue weighted by atomic mass is 10.5. The van der Waals surface area contributed by atoms with E-state index in [4.69, 9.17) is 0 Å². The molecular formula is C5H11N2O2+. The molecule has 0 unspecified atom stereocenters. The fourth-order valence-corrected chi connectivity index (χ4v) is 0.883. The van der Waals surface area contributed by atoms with Crippen molar-refractivity contribution in [3.63, 3.8) is 0 Å². The normalized spacial score (nSPS) is 18.1. The van der Waals surface area contributed by atoms with E-state index in [2.05, 4.69) is 4.74 Å². The molecule has 1 amide bonds. The van der Waals surface area contributed by atoms with Gasteiger partial charge in [-0.05, 0) is 0 Å². The predicted octanol–water partition coefficient (Wildman–Crippen LogP) is -1.06. The smallest absolute Gasteiger partial charge is 0.450 e. The summed E-state index contributed by atoms with van der Waals surface area (Å²) >= 11 is 0. The number of quaternary nitrogens is 1. The Morgan fingerprint density at radius 2 is 2.56 bits per heavy atom. The molecule has 1 aliphatic rings. The van der Waals surface area contributed by atoms with Gasteiger partial charge < -0.3 is 4.74 Å². The number of rotatable bonds is 0. The van der Waals surface area contributed by atoms with Gasteiger partial charge in [0, 0.05) is 6.42 Å². The Hall–Kier alpha value is -0.770. The number of methoxy groups -OCH3 is 1. The first kappa shape index (κ1) is 6.35. The van der Waals surface area contributed by atoms with Crippen LogP contribution in [0.5, 0.6) is 0 Å². The molecule has 0 bridgehead atoms. The van der Waals surface area contributed by atoms with Crippen LogP contribution in [0.4, 0.5) is 4.79 Å². The van der Waals surface area contributed by atoms with Crippen LogP contribution < -0.4 is 5.43 Å². The Kier molecular flexibility index (Phi) is 1.89. The van der Waals surface area contributed by atoms with E-state index in [1.165, 1.54) is 7.11 Å². The molecule has 1 rings (SSSR count). The molecule has 0 aromatic rings. The highest BCUT2D eigenvalue weighted by Gasteiger charge is 2.21. The number of nitrogens with two attached hydrogens (primary N) is 1. The molecule has 52 valence electrons. The van der Waals surface area contributed by atoms with Crippen molar-refractivity contribution >= 4 is 6.09 Å². The maximum absolute atomic E-state index is 10.7. The third kappa shape index (κ3) is 1.32. The molecule has 0 saturated carbocycles. The lowest BCUT2D eigenvalue weighted by Crippen LogP contribution is -2.91. The van der Waals surface area contributed by atoms with Crippen LogP contribution >= 0.6 is 0 Å². The third-order valence-electron chi connectivity index (χ3n) is 1.36. The molecule has 2 N–H and O–H groups in total. The van der Waals surface area contributed by atoms with Crippen molar-refractivity contribution < 1.29 is 15.0 Å². The molecular weight excluding hydrogens is 120 g/mol. The minimum Gasteiger partial charge on any atom is -0.450 e. The number of carbonyl (C=O) groups excluding carboxylic acids is 1. The third-order valence-corrected chi connectivity index (χ3v) is 1.36. The Morgan fingerprint density at radius 3 is 3.00 bits per heavy atom. The zero-order valence-corrected chi connectivity index (χ0v) is 5.46. The monoisotopic (exact) mass is 131 g/mol. The summed E-state index contributed by atoms with van der Waals surface area (Å²) < 4.78 is 4.49. The zero-order valence-electron chi connectivity index (χ0n) is 5.46. The van der Waals surface area contributed by atoms with Crippen molar-refractivity contribution in [1.29, 1.82) is 0 Å². The Balaban J connectivity index is 2.32. The minimum atomic E-state index is -0.243. The first-order chi connectivity index (χ1) is 4.34. The lowest BCUT2D eigenvalue weighted by Gasteiger charge is -2.07. The summed E-state index contributed by atoms with van der Waals surface area (Å²) in [4.78, 5) is 10.7. The molecule has 1 heterocycles. The van der Waals surface area contributed by atoms with Crippen LogP contribution in [0.2, 0.25) is 0 Å². The van der Waals surface area contributed by atoms with Gasteiger partial charge in [-0.3, -0.25) is 0 Å². The highest BCUT2D eigenvalue weighted by Crippen LogP contribution is 1.89. The number of hydrogen-bond donors (Lipinski definition) is 1. The standard InChI is InChI=1S/C5H10N2O2/c1-9-5(8)7-4-2-3-6-7/h6H,2-4H2,1H3/p+1. The fourth-order valence-electron chi connectivity index (χ4n) is 0.883. The van der Waals surface area contributed by atoms with E-state index in [0.717, 1.165) is 19.5 Å². The van der Waals surface area contributed by atoms with E-state index >= 15 is 0 Å². The highest BCUT2D eigenvalue weighted by atomic mass is 16.5. The summed E-state index contributed by atoms with van der Waals surface area (Å²) in [7, 11) is 1.40. The van der Waals surface area contributed by atoms with Crippen LogP contribution in [0.3, 0.4) is 0 Å². The molecule has 9 heavy (non-hydrogen) atoms. The predicted molar refractivity (Wildman–Crippen MR) is 30.5 cm³/mol. The van der Waals surface area contributed by atoms with Gasteiger partial charge in [0.15, 0.2) is 0 Å². The van der Waals surface area contributed by atoms with Crippen LogP contribution in [0.1, 0.15) is 6.42 Å². The number of ether oxygens (including phenoxy) is 1. The van der Waals surface area contributed by atoms with E-state index in [9.17, 15) is 4.79 Å². The second-order valence-corrected chi connectivity index (χ2v) is 1.99. The van der Waals surface area contributed by atoms with Gasteiger partial charge in [-0.25, -0.2) is 10.2 Å². The van der Waals surface area contributed by atoms with Crippen molar-refractivity contribution in [1.82, 2.24) is 5.01 Å². The SMILES string of the molecule is COC(=O)N1CCC[NH2+]1. The minimum absolute atomic E-state index is 0.243. The summed E-state index contributed by atoms with van der Waals surface area (Å²) in [5.41, 5.74) is 1.87. The summed E-state index contributed by atoms with van der Waals surface area (Å²) in [6, 6.07) is 0. The van der Waals surface area contributed by atoms with Gasteiger partial charge >= 0.3 is 6.09 Å². The molecule has 0 aromatic carbocycles. The summed E-state index contributed by atoms with van der Waals surface area (Å²) in [6.45, 7) is 1.81.